The molecule has 0 bridgehead atoms. The molecule has 1 rings (SSSR count). The minimum absolute atomic E-state index is 0.00377. The van der Waals surface area contributed by atoms with Gasteiger partial charge in [-0.25, -0.2) is 4.98 Å². The van der Waals surface area contributed by atoms with E-state index in [0.717, 1.165) is 0 Å². The number of anilines is 1. The van der Waals surface area contributed by atoms with Gasteiger partial charge in [0, 0.05) is 12.2 Å². The van der Waals surface area contributed by atoms with Crippen LogP contribution in [-0.4, -0.2) is 46.0 Å². The van der Waals surface area contributed by atoms with Crippen molar-refractivity contribution < 1.29 is 14.7 Å². The molecule has 19 heavy (non-hydrogen) atoms. The summed E-state index contributed by atoms with van der Waals surface area (Å²) in [6, 6.07) is 5.22. The number of hydrogen-bond donors (Lipinski definition) is 3. The van der Waals surface area contributed by atoms with E-state index in [1.165, 1.54) is 0 Å². The van der Waals surface area contributed by atoms with Gasteiger partial charge >= 0.3 is 5.97 Å². The zero-order valence-electron chi connectivity index (χ0n) is 11.0. The molecule has 1 heterocycles. The second kappa shape index (κ2) is 7.32. The number of nitrogens with one attached hydrogen (secondary N) is 2. The third-order valence-electron chi connectivity index (χ3n) is 2.41. The van der Waals surface area contributed by atoms with Gasteiger partial charge in [0.2, 0.25) is 0 Å². The van der Waals surface area contributed by atoms with Crippen LogP contribution in [0.3, 0.4) is 0 Å². The molecule has 0 saturated heterocycles. The van der Waals surface area contributed by atoms with Crippen molar-refractivity contribution in [3.63, 3.8) is 0 Å². The maximum atomic E-state index is 11.7. The SMILES string of the molecule is CC(C)N(CC(=O)O)CC(=O)NNc1ccccn1. The molecule has 7 nitrogen and oxygen atoms in total. The summed E-state index contributed by atoms with van der Waals surface area (Å²) in [5.74, 6) is -0.759. The number of pyridine rings is 1. The molecule has 0 unspecified atom stereocenters. The van der Waals surface area contributed by atoms with Crippen LogP contribution in [0.15, 0.2) is 24.4 Å². The summed E-state index contributed by atoms with van der Waals surface area (Å²) in [5.41, 5.74) is 5.13. The third kappa shape index (κ3) is 5.82. The van der Waals surface area contributed by atoms with E-state index >= 15 is 0 Å². The highest BCUT2D eigenvalue weighted by Crippen LogP contribution is 1.99. The standard InChI is InChI=1S/C12H18N4O3/c1-9(2)16(8-12(18)19)7-11(17)15-14-10-5-3-4-6-13-10/h3-6,9H,7-8H2,1-2H3,(H,13,14)(H,15,17)(H,18,19). The lowest BCUT2D eigenvalue weighted by molar-refractivity contribution is -0.139. The molecule has 0 spiro atoms. The van der Waals surface area contributed by atoms with Crippen molar-refractivity contribution in [3.8, 4) is 0 Å². The van der Waals surface area contributed by atoms with Crippen LogP contribution in [0, 0.1) is 0 Å². The molecule has 0 fully saturated rings. The lowest BCUT2D eigenvalue weighted by Gasteiger charge is -2.23. The highest BCUT2D eigenvalue weighted by Gasteiger charge is 2.16. The Balaban J connectivity index is 2.42. The van der Waals surface area contributed by atoms with E-state index in [9.17, 15) is 9.59 Å². The first-order valence-corrected chi connectivity index (χ1v) is 5.90. The summed E-state index contributed by atoms with van der Waals surface area (Å²) >= 11 is 0. The molecule has 1 aromatic heterocycles. The average molecular weight is 266 g/mol. The number of rotatable bonds is 7. The van der Waals surface area contributed by atoms with Gasteiger partial charge in [0.15, 0.2) is 0 Å². The van der Waals surface area contributed by atoms with Gasteiger partial charge in [0.1, 0.15) is 5.82 Å². The maximum Gasteiger partial charge on any atom is 0.317 e. The molecule has 7 heteroatoms. The molecule has 0 aliphatic heterocycles. The third-order valence-corrected chi connectivity index (χ3v) is 2.41. The predicted molar refractivity (Wildman–Crippen MR) is 70.3 cm³/mol. The van der Waals surface area contributed by atoms with Gasteiger partial charge in [0.05, 0.1) is 13.1 Å². The van der Waals surface area contributed by atoms with E-state index in [0.29, 0.717) is 5.82 Å². The molecule has 0 atom stereocenters. The molecule has 1 amide bonds. The number of carbonyl (C=O) groups excluding carboxylic acids is 1. The predicted octanol–water partition coefficient (Wildman–Crippen LogP) is 0.320. The van der Waals surface area contributed by atoms with Crippen molar-refractivity contribution in [1.82, 2.24) is 15.3 Å². The summed E-state index contributed by atoms with van der Waals surface area (Å²) in [7, 11) is 0. The minimum Gasteiger partial charge on any atom is -0.480 e. The fourth-order valence-corrected chi connectivity index (χ4v) is 1.39. The lowest BCUT2D eigenvalue weighted by atomic mass is 10.3. The second-order valence-corrected chi connectivity index (χ2v) is 4.28. The lowest BCUT2D eigenvalue weighted by Crippen LogP contribution is -2.44. The van der Waals surface area contributed by atoms with Crippen LogP contribution < -0.4 is 10.9 Å². The van der Waals surface area contributed by atoms with Crippen LogP contribution in [0.2, 0.25) is 0 Å². The van der Waals surface area contributed by atoms with Crippen LogP contribution in [0.5, 0.6) is 0 Å². The molecule has 0 aliphatic carbocycles. The summed E-state index contributed by atoms with van der Waals surface area (Å²) in [6.45, 7) is 3.50. The first-order chi connectivity index (χ1) is 8.99. The second-order valence-electron chi connectivity index (χ2n) is 4.28. The Morgan fingerprint density at radius 1 is 1.37 bits per heavy atom. The Hall–Kier alpha value is -2.15. The zero-order valence-corrected chi connectivity index (χ0v) is 11.0. The molecule has 0 aromatic carbocycles. The monoisotopic (exact) mass is 266 g/mol. The first kappa shape index (κ1) is 14.9. The van der Waals surface area contributed by atoms with Crippen molar-refractivity contribution in [2.45, 2.75) is 19.9 Å². The number of carboxylic acid groups (broad SMARTS) is 1. The average Bonchev–Trinajstić information content (AvgIpc) is 2.36. The molecule has 0 aliphatic rings. The van der Waals surface area contributed by atoms with Crippen LogP contribution >= 0.6 is 0 Å². The van der Waals surface area contributed by atoms with Crippen molar-refractivity contribution in [2.75, 3.05) is 18.5 Å². The zero-order chi connectivity index (χ0) is 14.3. The van der Waals surface area contributed by atoms with Crippen molar-refractivity contribution >= 4 is 17.7 Å². The minimum atomic E-state index is -0.959. The first-order valence-electron chi connectivity index (χ1n) is 5.90. The summed E-state index contributed by atoms with van der Waals surface area (Å²) in [5, 5.41) is 8.75. The fourth-order valence-electron chi connectivity index (χ4n) is 1.39. The number of nitrogens with zero attached hydrogens (tertiary/aromatic N) is 2. The van der Waals surface area contributed by atoms with Gasteiger partial charge < -0.3 is 5.11 Å². The van der Waals surface area contributed by atoms with Gasteiger partial charge in [-0.05, 0) is 26.0 Å². The number of hydrogen-bond acceptors (Lipinski definition) is 5. The van der Waals surface area contributed by atoms with Crippen LogP contribution in [0.25, 0.3) is 0 Å². The van der Waals surface area contributed by atoms with Crippen LogP contribution in [0.1, 0.15) is 13.8 Å². The smallest absolute Gasteiger partial charge is 0.317 e. The molecular weight excluding hydrogens is 248 g/mol. The Morgan fingerprint density at radius 3 is 2.63 bits per heavy atom. The van der Waals surface area contributed by atoms with E-state index in [2.05, 4.69) is 15.8 Å². The number of aliphatic carboxylic acids is 1. The topological polar surface area (TPSA) is 94.6 Å². The van der Waals surface area contributed by atoms with Gasteiger partial charge in [-0.2, -0.15) is 0 Å². The summed E-state index contributed by atoms with van der Waals surface area (Å²) in [6.07, 6.45) is 1.60. The Kier molecular flexibility index (Phi) is 5.74. The number of carbonyl (C=O) groups is 2. The normalized spacial score (nSPS) is 10.5. The fraction of sp³-hybridized carbons (Fsp3) is 0.417. The Bertz CT molecular complexity index is 422. The molecule has 1 aromatic rings. The molecule has 104 valence electrons. The van der Waals surface area contributed by atoms with Gasteiger partial charge in [-0.1, -0.05) is 6.07 Å². The van der Waals surface area contributed by atoms with E-state index < -0.39 is 5.97 Å². The van der Waals surface area contributed by atoms with Gasteiger partial charge in [-0.3, -0.25) is 25.3 Å². The van der Waals surface area contributed by atoms with E-state index in [1.54, 1.807) is 29.3 Å². The highest BCUT2D eigenvalue weighted by molar-refractivity contribution is 5.80. The largest absolute Gasteiger partial charge is 0.480 e. The summed E-state index contributed by atoms with van der Waals surface area (Å²) < 4.78 is 0. The molecular formula is C12H18N4O3. The Morgan fingerprint density at radius 2 is 2.11 bits per heavy atom. The number of hydrazine groups is 1. The van der Waals surface area contributed by atoms with E-state index in [-0.39, 0.29) is 25.0 Å². The number of aromatic nitrogens is 1. The van der Waals surface area contributed by atoms with Crippen molar-refractivity contribution in [2.24, 2.45) is 0 Å². The van der Waals surface area contributed by atoms with Crippen LogP contribution in [-0.2, 0) is 9.59 Å². The van der Waals surface area contributed by atoms with Crippen molar-refractivity contribution in [3.05, 3.63) is 24.4 Å². The summed E-state index contributed by atoms with van der Waals surface area (Å²) in [4.78, 5) is 27.9. The van der Waals surface area contributed by atoms with Crippen LogP contribution in [0.4, 0.5) is 5.82 Å². The highest BCUT2D eigenvalue weighted by atomic mass is 16.4. The van der Waals surface area contributed by atoms with E-state index in [1.807, 2.05) is 13.8 Å². The van der Waals surface area contributed by atoms with Gasteiger partial charge in [0.25, 0.3) is 5.91 Å². The quantitative estimate of drug-likeness (QED) is 0.615. The Labute approximate surface area is 111 Å². The maximum absolute atomic E-state index is 11.7. The van der Waals surface area contributed by atoms with E-state index in [4.69, 9.17) is 5.11 Å². The molecule has 3 N–H and O–H groups in total. The number of amides is 1. The number of carboxylic acids is 1. The van der Waals surface area contributed by atoms with Gasteiger partial charge in [-0.15, -0.1) is 0 Å². The van der Waals surface area contributed by atoms with Crippen molar-refractivity contribution in [1.29, 1.82) is 0 Å². The molecule has 0 saturated carbocycles. The molecule has 0 radical (unpaired) electrons.